The quantitative estimate of drug-likeness (QED) is 0.316. The van der Waals surface area contributed by atoms with Gasteiger partial charge in [-0.05, 0) is 12.3 Å². The van der Waals surface area contributed by atoms with Crippen LogP contribution < -0.4 is 0 Å². The summed E-state index contributed by atoms with van der Waals surface area (Å²) in [4.78, 5) is 0. The van der Waals surface area contributed by atoms with Crippen LogP contribution in [0.5, 0.6) is 0 Å². The predicted octanol–water partition coefficient (Wildman–Crippen LogP) is 2.67. The molecule has 0 aliphatic carbocycles. The summed E-state index contributed by atoms with van der Waals surface area (Å²) in [5.74, 6) is 0.856. The molecule has 152 valence electrons. The van der Waals surface area contributed by atoms with Crippen molar-refractivity contribution in [2.75, 3.05) is 72.7 Å². The van der Waals surface area contributed by atoms with Crippen LogP contribution >= 0.6 is 0 Å². The van der Waals surface area contributed by atoms with Gasteiger partial charge < -0.3 is 28.8 Å². The lowest BCUT2D eigenvalue weighted by Crippen LogP contribution is -2.13. The fraction of sp³-hybridized carbons (Fsp3) is 1.00. The van der Waals surface area contributed by atoms with Crippen LogP contribution in [0, 0.1) is 5.92 Å². The lowest BCUT2D eigenvalue weighted by molar-refractivity contribution is -0.0134. The van der Waals surface area contributed by atoms with Gasteiger partial charge in [0.15, 0.2) is 0 Å². The first-order chi connectivity index (χ1) is 12.3. The Kier molecular flexibility index (Phi) is 21.6. The van der Waals surface area contributed by atoms with Crippen molar-refractivity contribution in [2.24, 2.45) is 5.92 Å². The van der Waals surface area contributed by atoms with E-state index in [1.54, 1.807) is 0 Å². The van der Waals surface area contributed by atoms with E-state index in [9.17, 15) is 0 Å². The second-order valence-corrected chi connectivity index (χ2v) is 6.15. The van der Waals surface area contributed by atoms with E-state index in [-0.39, 0.29) is 6.61 Å². The fourth-order valence-corrected chi connectivity index (χ4v) is 2.12. The molecule has 0 radical (unpaired) electrons. The maximum atomic E-state index is 8.52. The Bertz CT molecular complexity index is 240. The van der Waals surface area contributed by atoms with Gasteiger partial charge in [0.2, 0.25) is 0 Å². The molecule has 0 heterocycles. The largest absolute Gasteiger partial charge is 0.394 e. The smallest absolute Gasteiger partial charge is 0.0701 e. The van der Waals surface area contributed by atoms with Crippen LogP contribution in [-0.4, -0.2) is 77.8 Å². The summed E-state index contributed by atoms with van der Waals surface area (Å²) >= 11 is 0. The topological polar surface area (TPSA) is 66.4 Å². The van der Waals surface area contributed by atoms with Crippen molar-refractivity contribution in [3.63, 3.8) is 0 Å². The van der Waals surface area contributed by atoms with Crippen LogP contribution in [-0.2, 0) is 23.7 Å². The highest BCUT2D eigenvalue weighted by molar-refractivity contribution is 4.50. The first-order valence-electron chi connectivity index (χ1n) is 9.80. The Morgan fingerprint density at radius 1 is 0.600 bits per heavy atom. The van der Waals surface area contributed by atoms with Crippen molar-refractivity contribution < 1.29 is 28.8 Å². The SMILES string of the molecule is CCC(C)CCCCCOCCOCCOCCOCCOCCO. The molecule has 0 saturated carbocycles. The molecule has 1 unspecified atom stereocenters. The van der Waals surface area contributed by atoms with E-state index in [4.69, 9.17) is 28.8 Å². The fourth-order valence-electron chi connectivity index (χ4n) is 2.12. The highest BCUT2D eigenvalue weighted by Crippen LogP contribution is 2.11. The number of hydrogen-bond acceptors (Lipinski definition) is 6. The monoisotopic (exact) mass is 364 g/mol. The highest BCUT2D eigenvalue weighted by atomic mass is 16.6. The summed E-state index contributed by atoms with van der Waals surface area (Å²) in [5, 5.41) is 8.52. The molecule has 0 bridgehead atoms. The van der Waals surface area contributed by atoms with Gasteiger partial charge in [-0.2, -0.15) is 0 Å². The second-order valence-electron chi connectivity index (χ2n) is 6.15. The van der Waals surface area contributed by atoms with Gasteiger partial charge in [0.1, 0.15) is 0 Å². The van der Waals surface area contributed by atoms with E-state index in [2.05, 4.69) is 13.8 Å². The van der Waals surface area contributed by atoms with Crippen molar-refractivity contribution in [3.8, 4) is 0 Å². The molecule has 0 aromatic carbocycles. The van der Waals surface area contributed by atoms with Gasteiger partial charge in [0, 0.05) is 6.61 Å². The molecule has 6 heteroatoms. The Morgan fingerprint density at radius 2 is 1.04 bits per heavy atom. The van der Waals surface area contributed by atoms with Gasteiger partial charge in [0.25, 0.3) is 0 Å². The summed E-state index contributed by atoms with van der Waals surface area (Å²) in [6.45, 7) is 10.4. The van der Waals surface area contributed by atoms with Crippen LogP contribution in [0.4, 0.5) is 0 Å². The molecule has 1 atom stereocenters. The normalized spacial score (nSPS) is 12.6. The van der Waals surface area contributed by atoms with E-state index in [0.717, 1.165) is 18.9 Å². The minimum Gasteiger partial charge on any atom is -0.394 e. The first kappa shape index (κ1) is 24.8. The van der Waals surface area contributed by atoms with Crippen LogP contribution in [0.15, 0.2) is 0 Å². The van der Waals surface area contributed by atoms with E-state index in [1.807, 2.05) is 0 Å². The van der Waals surface area contributed by atoms with E-state index >= 15 is 0 Å². The number of unbranched alkanes of at least 4 members (excludes halogenated alkanes) is 2. The van der Waals surface area contributed by atoms with Gasteiger partial charge in [-0.3, -0.25) is 0 Å². The van der Waals surface area contributed by atoms with Gasteiger partial charge in [-0.1, -0.05) is 39.5 Å². The molecule has 0 aromatic rings. The third kappa shape index (κ3) is 21.7. The number of hydrogen-bond donors (Lipinski definition) is 1. The Labute approximate surface area is 154 Å². The maximum Gasteiger partial charge on any atom is 0.0701 e. The van der Waals surface area contributed by atoms with Gasteiger partial charge in [0.05, 0.1) is 66.1 Å². The maximum absolute atomic E-state index is 8.52. The van der Waals surface area contributed by atoms with Crippen molar-refractivity contribution in [2.45, 2.75) is 46.0 Å². The zero-order chi connectivity index (χ0) is 18.4. The van der Waals surface area contributed by atoms with Gasteiger partial charge in [-0.25, -0.2) is 0 Å². The molecular formula is C19H40O6. The summed E-state index contributed by atoms with van der Waals surface area (Å²) in [6.07, 6.45) is 6.33. The van der Waals surface area contributed by atoms with E-state index < -0.39 is 0 Å². The van der Waals surface area contributed by atoms with Crippen molar-refractivity contribution >= 4 is 0 Å². The molecule has 0 aliphatic rings. The number of aliphatic hydroxyl groups is 1. The molecular weight excluding hydrogens is 324 g/mol. The van der Waals surface area contributed by atoms with E-state index in [0.29, 0.717) is 59.5 Å². The van der Waals surface area contributed by atoms with Gasteiger partial charge >= 0.3 is 0 Å². The molecule has 0 saturated heterocycles. The standard InChI is InChI=1S/C19H40O6/c1-3-19(2)7-5-4-6-9-21-11-13-23-15-17-25-18-16-24-14-12-22-10-8-20/h19-20H,3-18H2,1-2H3. The molecule has 0 spiro atoms. The van der Waals surface area contributed by atoms with Crippen molar-refractivity contribution in [3.05, 3.63) is 0 Å². The zero-order valence-electron chi connectivity index (χ0n) is 16.4. The molecule has 25 heavy (non-hydrogen) atoms. The van der Waals surface area contributed by atoms with Crippen molar-refractivity contribution in [1.82, 2.24) is 0 Å². The minimum atomic E-state index is 0.0482. The molecule has 1 N–H and O–H groups in total. The predicted molar refractivity (Wildman–Crippen MR) is 99.1 cm³/mol. The molecule has 0 aliphatic heterocycles. The lowest BCUT2D eigenvalue weighted by Gasteiger charge is -2.08. The lowest BCUT2D eigenvalue weighted by atomic mass is 10.0. The van der Waals surface area contributed by atoms with Crippen LogP contribution in [0.3, 0.4) is 0 Å². The molecule has 0 fully saturated rings. The van der Waals surface area contributed by atoms with Crippen molar-refractivity contribution in [1.29, 1.82) is 0 Å². The Balaban J connectivity index is 2.98. The average molecular weight is 365 g/mol. The minimum absolute atomic E-state index is 0.0482. The molecule has 0 rings (SSSR count). The van der Waals surface area contributed by atoms with Crippen LogP contribution in [0.25, 0.3) is 0 Å². The summed E-state index contributed by atoms with van der Waals surface area (Å²) in [5.41, 5.74) is 0. The zero-order valence-corrected chi connectivity index (χ0v) is 16.4. The summed E-state index contributed by atoms with van der Waals surface area (Å²) < 4.78 is 26.8. The second kappa shape index (κ2) is 21.8. The number of rotatable bonds is 21. The third-order valence-corrected chi connectivity index (χ3v) is 3.91. The Hall–Kier alpha value is -0.240. The summed E-state index contributed by atoms with van der Waals surface area (Å²) in [7, 11) is 0. The average Bonchev–Trinajstić information content (AvgIpc) is 2.63. The number of aliphatic hydroxyl groups excluding tert-OH is 1. The molecule has 0 amide bonds. The Morgan fingerprint density at radius 3 is 1.48 bits per heavy atom. The number of ether oxygens (including phenoxy) is 5. The van der Waals surface area contributed by atoms with Crippen LogP contribution in [0.1, 0.15) is 46.0 Å². The first-order valence-corrected chi connectivity index (χ1v) is 9.80. The molecule has 0 aromatic heterocycles. The third-order valence-electron chi connectivity index (χ3n) is 3.91. The molecule has 6 nitrogen and oxygen atoms in total. The van der Waals surface area contributed by atoms with Gasteiger partial charge in [-0.15, -0.1) is 0 Å². The van der Waals surface area contributed by atoms with Crippen LogP contribution in [0.2, 0.25) is 0 Å². The summed E-state index contributed by atoms with van der Waals surface area (Å²) in [6, 6.07) is 0. The highest BCUT2D eigenvalue weighted by Gasteiger charge is 1.98. The van der Waals surface area contributed by atoms with E-state index in [1.165, 1.54) is 25.7 Å².